The van der Waals surface area contributed by atoms with Crippen LogP contribution in [0.5, 0.6) is 0 Å². The third-order valence-corrected chi connectivity index (χ3v) is 9.87. The number of carbonyl (C=O) groups excluding carboxylic acids is 1. The van der Waals surface area contributed by atoms with Crippen LogP contribution in [-0.2, 0) is 19.6 Å². The molecular weight excluding hydrogens is 643 g/mol. The van der Waals surface area contributed by atoms with E-state index in [4.69, 9.17) is 9.47 Å². The van der Waals surface area contributed by atoms with Gasteiger partial charge in [0.15, 0.2) is 17.3 Å². The number of hydrogen-bond acceptors (Lipinski definition) is 6. The Morgan fingerprint density at radius 1 is 0.868 bits per heavy atom. The number of benzene rings is 2. The maximum absolute atomic E-state index is 14.0. The second-order valence-electron chi connectivity index (χ2n) is 10.2. The SMILES string of the molecule is CC(C)(C)OC(=O)OC1CC2CC1CC2C(F)(F)C(F)(F)S(=O)(=O)[O-].c1ccc([I+]c2ccccc2)cc1. The fourth-order valence-corrected chi connectivity index (χ4v) is 7.43. The van der Waals surface area contributed by atoms with Crippen molar-refractivity contribution in [1.82, 2.24) is 0 Å². The summed E-state index contributed by atoms with van der Waals surface area (Å²) in [7, 11) is -6.51. The van der Waals surface area contributed by atoms with Crippen LogP contribution in [0.4, 0.5) is 22.4 Å². The van der Waals surface area contributed by atoms with Crippen LogP contribution in [-0.4, -0.2) is 42.0 Å². The number of halogens is 5. The maximum atomic E-state index is 14.0. The quantitative estimate of drug-likeness (QED) is 0.203. The summed E-state index contributed by atoms with van der Waals surface area (Å²) in [5, 5.41) is -5.68. The standard InChI is InChI=1S/C14H20F4O6S.C12H10I/c1-12(2,3)24-11(19)23-10-6-7-4-8(10)5-9(7)13(15,16)14(17,18)25(20,21)22;1-3-7-11(8-4-1)13-12-9-5-2-6-10-12/h7-10H,4-6H2,1-3H3,(H,20,21,22);1-10H/q;+1/p-1. The van der Waals surface area contributed by atoms with E-state index >= 15 is 0 Å². The van der Waals surface area contributed by atoms with Gasteiger partial charge in [-0.1, -0.05) is 36.4 Å². The first kappa shape index (κ1) is 30.6. The Bertz CT molecular complexity index is 1150. The van der Waals surface area contributed by atoms with E-state index in [-0.39, 0.29) is 34.0 Å². The fraction of sp³-hybridized carbons (Fsp3) is 0.500. The highest BCUT2D eigenvalue weighted by atomic mass is 127. The van der Waals surface area contributed by atoms with E-state index in [2.05, 4.69) is 60.7 Å². The number of fused-ring (bicyclic) bond motifs is 2. The highest BCUT2D eigenvalue weighted by Gasteiger charge is 2.69. The van der Waals surface area contributed by atoms with Gasteiger partial charge in [0, 0.05) is 5.92 Å². The molecule has 12 heteroatoms. The van der Waals surface area contributed by atoms with E-state index in [0.717, 1.165) is 0 Å². The first-order chi connectivity index (χ1) is 17.5. The van der Waals surface area contributed by atoms with Crippen LogP contribution in [0.1, 0.15) is 40.0 Å². The second kappa shape index (κ2) is 11.7. The third kappa shape index (κ3) is 7.38. The molecule has 0 amide bonds. The monoisotopic (exact) mass is 672 g/mol. The summed E-state index contributed by atoms with van der Waals surface area (Å²) in [4.78, 5) is 11.6. The molecule has 6 nitrogen and oxygen atoms in total. The van der Waals surface area contributed by atoms with Crippen molar-refractivity contribution in [3.8, 4) is 0 Å². The molecule has 0 aliphatic heterocycles. The minimum absolute atomic E-state index is 0.0287. The van der Waals surface area contributed by atoms with E-state index in [1.807, 2.05) is 0 Å². The zero-order chi connectivity index (χ0) is 28.4. The van der Waals surface area contributed by atoms with Crippen LogP contribution in [0, 0.1) is 24.9 Å². The van der Waals surface area contributed by atoms with Gasteiger partial charge in [-0.3, -0.25) is 0 Å². The summed E-state index contributed by atoms with van der Waals surface area (Å²) in [6, 6.07) is 21.4. The number of hydrogen-bond donors (Lipinski definition) is 0. The number of alkyl halides is 4. The zero-order valence-corrected chi connectivity index (χ0v) is 23.9. The Balaban J connectivity index is 0.000000256. The van der Waals surface area contributed by atoms with Gasteiger partial charge in [0.25, 0.3) is 0 Å². The molecule has 0 heterocycles. The van der Waals surface area contributed by atoms with Gasteiger partial charge in [0.2, 0.25) is 0 Å². The Morgan fingerprint density at radius 3 is 1.76 bits per heavy atom. The average molecular weight is 672 g/mol. The first-order valence-corrected chi connectivity index (χ1v) is 15.4. The Kier molecular flexibility index (Phi) is 9.40. The lowest BCUT2D eigenvalue weighted by atomic mass is 9.82. The smallest absolute Gasteiger partial charge is 0.509 e. The molecule has 4 unspecified atom stereocenters. The molecule has 2 aromatic rings. The van der Waals surface area contributed by atoms with Crippen molar-refractivity contribution in [3.63, 3.8) is 0 Å². The normalized spacial score (nSPS) is 23.4. The molecule has 4 atom stereocenters. The van der Waals surface area contributed by atoms with Gasteiger partial charge in [-0.25, -0.2) is 13.2 Å². The summed E-state index contributed by atoms with van der Waals surface area (Å²) in [5.41, 5.74) is -0.811. The number of ether oxygens (including phenoxy) is 2. The molecule has 0 radical (unpaired) electrons. The van der Waals surface area contributed by atoms with Crippen molar-refractivity contribution in [3.05, 3.63) is 67.8 Å². The van der Waals surface area contributed by atoms with E-state index in [0.29, 0.717) is 0 Å². The average Bonchev–Trinajstić information content (AvgIpc) is 3.40. The summed E-state index contributed by atoms with van der Waals surface area (Å²) >= 11 is 0.0287. The van der Waals surface area contributed by atoms with Gasteiger partial charge in [0.05, 0.1) is 0 Å². The van der Waals surface area contributed by atoms with Crippen LogP contribution in [0.15, 0.2) is 60.7 Å². The predicted octanol–water partition coefficient (Wildman–Crippen LogP) is 2.94. The Hall–Kier alpha value is -1.93. The molecule has 210 valence electrons. The summed E-state index contributed by atoms with van der Waals surface area (Å²) in [5.74, 6) is -8.53. The lowest BCUT2D eigenvalue weighted by Gasteiger charge is -2.37. The molecule has 2 bridgehead atoms. The maximum Gasteiger partial charge on any atom is 0.509 e. The summed E-state index contributed by atoms with van der Waals surface area (Å²) < 4.78 is 99.4. The Labute approximate surface area is 230 Å². The molecule has 2 saturated carbocycles. The lowest BCUT2D eigenvalue weighted by Crippen LogP contribution is -3.61. The topological polar surface area (TPSA) is 92.7 Å². The predicted molar refractivity (Wildman–Crippen MR) is 125 cm³/mol. The molecule has 0 saturated heterocycles. The molecule has 38 heavy (non-hydrogen) atoms. The van der Waals surface area contributed by atoms with Crippen LogP contribution < -0.4 is 21.2 Å². The molecular formula is C26H29F4IO6S. The largest absolute Gasteiger partial charge is 0.743 e. The van der Waals surface area contributed by atoms with Gasteiger partial charge in [-0.15, -0.1) is 0 Å². The summed E-state index contributed by atoms with van der Waals surface area (Å²) in [6.45, 7) is 4.82. The van der Waals surface area contributed by atoms with Crippen LogP contribution in [0.2, 0.25) is 0 Å². The molecule has 0 spiro atoms. The highest BCUT2D eigenvalue weighted by molar-refractivity contribution is 7.86. The minimum atomic E-state index is -6.51. The van der Waals surface area contributed by atoms with Crippen LogP contribution in [0.3, 0.4) is 0 Å². The van der Waals surface area contributed by atoms with Gasteiger partial charge in [-0.05, 0) is 76.1 Å². The van der Waals surface area contributed by atoms with E-state index in [9.17, 15) is 35.3 Å². The van der Waals surface area contributed by atoms with Crippen LogP contribution >= 0.6 is 0 Å². The van der Waals surface area contributed by atoms with E-state index in [1.165, 1.54) is 7.14 Å². The van der Waals surface area contributed by atoms with Gasteiger partial charge in [0.1, 0.15) is 11.7 Å². The van der Waals surface area contributed by atoms with Crippen molar-refractivity contribution in [2.75, 3.05) is 0 Å². The van der Waals surface area contributed by atoms with Gasteiger partial charge >= 0.3 is 38.5 Å². The van der Waals surface area contributed by atoms with Crippen molar-refractivity contribution >= 4 is 16.3 Å². The second-order valence-corrected chi connectivity index (χ2v) is 14.7. The number of carbonyl (C=O) groups is 1. The third-order valence-electron chi connectivity index (χ3n) is 6.28. The molecule has 2 aliphatic carbocycles. The van der Waals surface area contributed by atoms with Crippen LogP contribution in [0.25, 0.3) is 0 Å². The van der Waals surface area contributed by atoms with Crippen molar-refractivity contribution in [2.45, 2.75) is 62.9 Å². The van der Waals surface area contributed by atoms with E-state index < -0.39 is 63.3 Å². The molecule has 0 aromatic heterocycles. The summed E-state index contributed by atoms with van der Waals surface area (Å²) in [6.07, 6.45) is -2.23. The fourth-order valence-electron chi connectivity index (χ4n) is 4.67. The zero-order valence-electron chi connectivity index (χ0n) is 21.0. The number of rotatable bonds is 6. The highest BCUT2D eigenvalue weighted by Crippen LogP contribution is 2.58. The molecule has 2 aromatic carbocycles. The first-order valence-electron chi connectivity index (χ1n) is 11.9. The van der Waals surface area contributed by atoms with Crippen molar-refractivity contribution in [2.24, 2.45) is 17.8 Å². The van der Waals surface area contributed by atoms with Crippen molar-refractivity contribution < 1.29 is 66.0 Å². The minimum Gasteiger partial charge on any atom is -0.743 e. The van der Waals surface area contributed by atoms with Crippen molar-refractivity contribution in [1.29, 1.82) is 0 Å². The molecule has 0 N–H and O–H groups in total. The molecule has 2 fully saturated rings. The Morgan fingerprint density at radius 2 is 1.37 bits per heavy atom. The lowest BCUT2D eigenvalue weighted by molar-refractivity contribution is -0.597. The molecule has 4 rings (SSSR count). The molecule has 2 aliphatic rings. The van der Waals surface area contributed by atoms with Gasteiger partial charge < -0.3 is 14.0 Å². The van der Waals surface area contributed by atoms with E-state index in [1.54, 1.807) is 20.8 Å². The van der Waals surface area contributed by atoms with Gasteiger partial charge in [-0.2, -0.15) is 17.6 Å².